The monoisotopic (exact) mass is 230 g/mol. The molecule has 88 valence electrons. The van der Waals surface area contributed by atoms with Gasteiger partial charge in [-0.3, -0.25) is 14.4 Å². The minimum atomic E-state index is -1.87. The molecule has 2 aliphatic rings. The van der Waals surface area contributed by atoms with Crippen LogP contribution in [-0.2, 0) is 23.9 Å². The fourth-order valence-electron chi connectivity index (χ4n) is 1.77. The first-order valence-corrected chi connectivity index (χ1v) is 4.78. The van der Waals surface area contributed by atoms with E-state index in [1.165, 1.54) is 0 Å². The SMILES string of the molecule is O=C1C(=O)C(C2CCOC2=O)OC(O)C1O. The van der Waals surface area contributed by atoms with E-state index in [1.54, 1.807) is 0 Å². The predicted molar refractivity (Wildman–Crippen MR) is 46.0 cm³/mol. The standard InChI is InChI=1S/C9H10O7/c10-4-5(11)7(16-9(14)6(4)12)3-1-2-15-8(3)13/h3,6-7,9,12,14H,1-2H2. The molecule has 4 atom stereocenters. The molecule has 7 nitrogen and oxygen atoms in total. The molecule has 2 heterocycles. The Morgan fingerprint density at radius 3 is 2.38 bits per heavy atom. The Hall–Kier alpha value is -1.31. The second-order valence-electron chi connectivity index (χ2n) is 3.68. The van der Waals surface area contributed by atoms with Crippen molar-refractivity contribution < 1.29 is 34.1 Å². The van der Waals surface area contributed by atoms with Gasteiger partial charge in [-0.15, -0.1) is 0 Å². The zero-order valence-corrected chi connectivity index (χ0v) is 8.16. The van der Waals surface area contributed by atoms with E-state index in [4.69, 9.17) is 9.84 Å². The Morgan fingerprint density at radius 2 is 1.81 bits per heavy atom. The highest BCUT2D eigenvalue weighted by Gasteiger charge is 2.49. The van der Waals surface area contributed by atoms with Crippen LogP contribution in [0.5, 0.6) is 0 Å². The quantitative estimate of drug-likeness (QED) is 0.387. The third kappa shape index (κ3) is 1.62. The second kappa shape index (κ2) is 3.93. The van der Waals surface area contributed by atoms with Crippen LogP contribution < -0.4 is 0 Å². The van der Waals surface area contributed by atoms with Crippen molar-refractivity contribution >= 4 is 17.5 Å². The molecule has 0 aromatic rings. The Labute approximate surface area is 89.9 Å². The average molecular weight is 230 g/mol. The molecule has 0 aliphatic carbocycles. The van der Waals surface area contributed by atoms with Crippen LogP contribution in [0.15, 0.2) is 0 Å². The van der Waals surface area contributed by atoms with Crippen molar-refractivity contribution in [2.45, 2.75) is 24.9 Å². The summed E-state index contributed by atoms with van der Waals surface area (Å²) in [6.45, 7) is 0.156. The topological polar surface area (TPSA) is 110 Å². The number of aliphatic hydroxyl groups excluding tert-OH is 2. The van der Waals surface area contributed by atoms with Gasteiger partial charge in [-0.25, -0.2) is 0 Å². The van der Waals surface area contributed by atoms with E-state index in [2.05, 4.69) is 4.74 Å². The second-order valence-corrected chi connectivity index (χ2v) is 3.68. The molecule has 2 fully saturated rings. The smallest absolute Gasteiger partial charge is 0.312 e. The van der Waals surface area contributed by atoms with Crippen LogP contribution in [0.1, 0.15) is 6.42 Å². The highest BCUT2D eigenvalue weighted by Crippen LogP contribution is 2.26. The molecule has 16 heavy (non-hydrogen) atoms. The fraction of sp³-hybridized carbons (Fsp3) is 0.667. The van der Waals surface area contributed by atoms with E-state index in [-0.39, 0.29) is 13.0 Å². The first-order chi connectivity index (χ1) is 7.52. The Balaban J connectivity index is 2.19. The van der Waals surface area contributed by atoms with Gasteiger partial charge in [0.25, 0.3) is 0 Å². The van der Waals surface area contributed by atoms with Gasteiger partial charge in [0.05, 0.1) is 12.5 Å². The summed E-state index contributed by atoms with van der Waals surface area (Å²) < 4.78 is 9.41. The van der Waals surface area contributed by atoms with Gasteiger partial charge in [0, 0.05) is 0 Å². The van der Waals surface area contributed by atoms with Gasteiger partial charge in [-0.1, -0.05) is 0 Å². The van der Waals surface area contributed by atoms with Crippen LogP contribution in [0.2, 0.25) is 0 Å². The normalized spacial score (nSPS) is 40.0. The summed E-state index contributed by atoms with van der Waals surface area (Å²) in [4.78, 5) is 33.9. The van der Waals surface area contributed by atoms with Crippen molar-refractivity contribution in [3.63, 3.8) is 0 Å². The summed E-state index contributed by atoms with van der Waals surface area (Å²) in [5.41, 5.74) is 0. The van der Waals surface area contributed by atoms with Gasteiger partial charge in [0.15, 0.2) is 12.4 Å². The van der Waals surface area contributed by atoms with E-state index >= 15 is 0 Å². The molecule has 4 unspecified atom stereocenters. The maximum absolute atomic E-state index is 11.5. The summed E-state index contributed by atoms with van der Waals surface area (Å²) in [7, 11) is 0. The summed E-state index contributed by atoms with van der Waals surface area (Å²) in [6.07, 6.45) is -4.74. The van der Waals surface area contributed by atoms with Crippen molar-refractivity contribution in [2.75, 3.05) is 6.61 Å². The van der Waals surface area contributed by atoms with Gasteiger partial charge >= 0.3 is 5.97 Å². The van der Waals surface area contributed by atoms with E-state index in [0.29, 0.717) is 0 Å². The number of carbonyl (C=O) groups excluding carboxylic acids is 3. The summed E-state index contributed by atoms with van der Waals surface area (Å²) in [6, 6.07) is 0. The Kier molecular flexibility index (Phi) is 2.75. The van der Waals surface area contributed by atoms with Gasteiger partial charge in [0.2, 0.25) is 11.6 Å². The zero-order chi connectivity index (χ0) is 11.9. The van der Waals surface area contributed by atoms with Crippen molar-refractivity contribution in [3.8, 4) is 0 Å². The molecule has 0 aromatic carbocycles. The minimum Gasteiger partial charge on any atom is -0.465 e. The lowest BCUT2D eigenvalue weighted by Crippen LogP contribution is -2.55. The summed E-state index contributed by atoms with van der Waals surface area (Å²) in [5, 5.41) is 18.3. The number of hydrogen-bond acceptors (Lipinski definition) is 7. The first kappa shape index (κ1) is 11.2. The third-order valence-electron chi connectivity index (χ3n) is 2.67. The molecule has 0 saturated carbocycles. The molecule has 2 N–H and O–H groups in total. The molecule has 0 bridgehead atoms. The fourth-order valence-corrected chi connectivity index (χ4v) is 1.77. The number of rotatable bonds is 1. The molecule has 2 saturated heterocycles. The lowest BCUT2D eigenvalue weighted by Gasteiger charge is -2.29. The van der Waals surface area contributed by atoms with E-state index in [0.717, 1.165) is 0 Å². The van der Waals surface area contributed by atoms with E-state index in [9.17, 15) is 19.5 Å². The van der Waals surface area contributed by atoms with Crippen molar-refractivity contribution in [1.82, 2.24) is 0 Å². The maximum atomic E-state index is 11.5. The number of ether oxygens (including phenoxy) is 2. The zero-order valence-electron chi connectivity index (χ0n) is 8.16. The molecular formula is C9H10O7. The number of Topliss-reactive ketones (excluding diaryl/α,β-unsaturated/α-hetero) is 2. The van der Waals surface area contributed by atoms with Crippen molar-refractivity contribution in [1.29, 1.82) is 0 Å². The van der Waals surface area contributed by atoms with Crippen LogP contribution in [-0.4, -0.2) is 52.9 Å². The molecule has 0 radical (unpaired) electrons. The number of ketones is 2. The summed E-state index contributed by atoms with van der Waals surface area (Å²) >= 11 is 0. The lowest BCUT2D eigenvalue weighted by molar-refractivity contribution is -0.216. The molecule has 2 rings (SSSR count). The third-order valence-corrected chi connectivity index (χ3v) is 2.67. The lowest BCUT2D eigenvalue weighted by atomic mass is 9.91. The highest BCUT2D eigenvalue weighted by molar-refractivity contribution is 6.41. The predicted octanol–water partition coefficient (Wildman–Crippen LogP) is -2.23. The number of aliphatic hydroxyl groups is 2. The average Bonchev–Trinajstić information content (AvgIpc) is 2.67. The molecule has 0 spiro atoms. The van der Waals surface area contributed by atoms with Gasteiger partial charge in [-0.05, 0) is 6.42 Å². The van der Waals surface area contributed by atoms with Crippen LogP contribution in [0.25, 0.3) is 0 Å². The minimum absolute atomic E-state index is 0.156. The van der Waals surface area contributed by atoms with Crippen molar-refractivity contribution in [3.05, 3.63) is 0 Å². The van der Waals surface area contributed by atoms with Gasteiger partial charge in [0.1, 0.15) is 6.10 Å². The van der Waals surface area contributed by atoms with Gasteiger partial charge < -0.3 is 19.7 Å². The molecule has 0 aromatic heterocycles. The number of carbonyl (C=O) groups is 3. The number of esters is 1. The maximum Gasteiger partial charge on any atom is 0.312 e. The van der Waals surface area contributed by atoms with Crippen LogP contribution >= 0.6 is 0 Å². The van der Waals surface area contributed by atoms with Crippen LogP contribution in [0.3, 0.4) is 0 Å². The number of cyclic esters (lactones) is 1. The Morgan fingerprint density at radius 1 is 1.12 bits per heavy atom. The highest BCUT2D eigenvalue weighted by atomic mass is 16.6. The Bertz CT molecular complexity index is 350. The molecular weight excluding hydrogens is 220 g/mol. The van der Waals surface area contributed by atoms with Gasteiger partial charge in [-0.2, -0.15) is 0 Å². The van der Waals surface area contributed by atoms with E-state index < -0.39 is 42.0 Å². The van der Waals surface area contributed by atoms with Crippen molar-refractivity contribution in [2.24, 2.45) is 5.92 Å². The van der Waals surface area contributed by atoms with Crippen LogP contribution in [0.4, 0.5) is 0 Å². The first-order valence-electron chi connectivity index (χ1n) is 4.78. The van der Waals surface area contributed by atoms with Crippen LogP contribution in [0, 0.1) is 5.92 Å². The molecule has 2 aliphatic heterocycles. The van der Waals surface area contributed by atoms with E-state index in [1.807, 2.05) is 0 Å². The largest absolute Gasteiger partial charge is 0.465 e. The molecule has 0 amide bonds. The summed E-state index contributed by atoms with van der Waals surface area (Å²) in [5.74, 6) is -3.64. The number of hydrogen-bond donors (Lipinski definition) is 2. The molecule has 7 heteroatoms.